The van der Waals surface area contributed by atoms with Crippen molar-refractivity contribution in [1.29, 1.82) is 0 Å². The fourth-order valence-corrected chi connectivity index (χ4v) is 3.21. The van der Waals surface area contributed by atoms with E-state index in [0.29, 0.717) is 6.54 Å². The maximum Gasteiger partial charge on any atom is 0.144 e. The number of rotatable bonds is 5. The molecule has 5 heteroatoms. The molecule has 1 heterocycles. The van der Waals surface area contributed by atoms with Crippen LogP contribution in [0.5, 0.6) is 0 Å². The molecule has 0 radical (unpaired) electrons. The molecule has 0 aliphatic rings. The van der Waals surface area contributed by atoms with Crippen LogP contribution in [-0.2, 0) is 12.0 Å². The Bertz CT molecular complexity index is 582. The van der Waals surface area contributed by atoms with Gasteiger partial charge in [-0.3, -0.25) is 0 Å². The van der Waals surface area contributed by atoms with Crippen molar-refractivity contribution in [3.8, 4) is 0 Å². The fourth-order valence-electron chi connectivity index (χ4n) is 1.98. The van der Waals surface area contributed by atoms with E-state index in [4.69, 9.17) is 0 Å². The van der Waals surface area contributed by atoms with Crippen LogP contribution < -0.4 is 5.32 Å². The van der Waals surface area contributed by atoms with Gasteiger partial charge in [0, 0.05) is 28.9 Å². The molecule has 0 amide bonds. The Labute approximate surface area is 130 Å². The van der Waals surface area contributed by atoms with Gasteiger partial charge in [0.25, 0.3) is 0 Å². The molecule has 108 valence electrons. The van der Waals surface area contributed by atoms with Crippen molar-refractivity contribution in [2.24, 2.45) is 0 Å². The van der Waals surface area contributed by atoms with Crippen molar-refractivity contribution < 1.29 is 8.78 Å². The Morgan fingerprint density at radius 1 is 1.25 bits per heavy atom. The largest absolute Gasteiger partial charge is 0.312 e. The molecule has 2 aromatic rings. The maximum atomic E-state index is 13.8. The highest BCUT2D eigenvalue weighted by Gasteiger charge is 2.21. The lowest BCUT2D eigenvalue weighted by Crippen LogP contribution is -2.32. The molecule has 2 rings (SSSR count). The van der Waals surface area contributed by atoms with Gasteiger partial charge in [0.05, 0.1) is 4.47 Å². The summed E-state index contributed by atoms with van der Waals surface area (Å²) in [5.74, 6) is -1.06. The molecule has 0 aliphatic heterocycles. The third-order valence-corrected chi connectivity index (χ3v) is 5.04. The minimum atomic E-state index is -0.536. The maximum absolute atomic E-state index is 13.8. The van der Waals surface area contributed by atoms with Gasteiger partial charge in [-0.15, -0.1) is 11.3 Å². The molecule has 1 nitrogen and oxygen atoms in total. The van der Waals surface area contributed by atoms with Gasteiger partial charge in [0.1, 0.15) is 11.6 Å². The molecule has 0 fully saturated rings. The van der Waals surface area contributed by atoms with Crippen LogP contribution in [0.1, 0.15) is 24.3 Å². The van der Waals surface area contributed by atoms with Gasteiger partial charge in [-0.2, -0.15) is 0 Å². The Hall–Kier alpha value is -0.780. The molecule has 1 aromatic carbocycles. The van der Waals surface area contributed by atoms with Crippen molar-refractivity contribution in [2.45, 2.75) is 25.8 Å². The van der Waals surface area contributed by atoms with Gasteiger partial charge >= 0.3 is 0 Å². The van der Waals surface area contributed by atoms with Gasteiger partial charge in [-0.25, -0.2) is 8.78 Å². The number of benzene rings is 1. The smallest absolute Gasteiger partial charge is 0.144 e. The summed E-state index contributed by atoms with van der Waals surface area (Å²) in [4.78, 5) is 1.25. The average Bonchev–Trinajstić information content (AvgIpc) is 2.93. The Morgan fingerprint density at radius 2 is 2.00 bits per heavy atom. The molecule has 0 aliphatic carbocycles. The number of thiophene rings is 1. The van der Waals surface area contributed by atoms with Crippen molar-refractivity contribution in [3.63, 3.8) is 0 Å². The zero-order chi connectivity index (χ0) is 14.8. The van der Waals surface area contributed by atoms with Crippen molar-refractivity contribution in [3.05, 3.63) is 56.2 Å². The highest BCUT2D eigenvalue weighted by atomic mass is 79.9. The first-order chi connectivity index (χ1) is 9.42. The molecule has 0 bridgehead atoms. The first kappa shape index (κ1) is 15.6. The Morgan fingerprint density at radius 3 is 2.65 bits per heavy atom. The predicted molar refractivity (Wildman–Crippen MR) is 83.1 cm³/mol. The normalized spacial score (nSPS) is 11.8. The monoisotopic (exact) mass is 359 g/mol. The summed E-state index contributed by atoms with van der Waals surface area (Å²) in [7, 11) is 0. The second-order valence-corrected chi connectivity index (χ2v) is 7.09. The van der Waals surface area contributed by atoms with E-state index in [-0.39, 0.29) is 22.0 Å². The molecule has 0 unspecified atom stereocenters. The summed E-state index contributed by atoms with van der Waals surface area (Å²) in [6, 6.07) is 6.74. The van der Waals surface area contributed by atoms with E-state index in [1.165, 1.54) is 17.0 Å². The highest BCUT2D eigenvalue weighted by molar-refractivity contribution is 9.10. The van der Waals surface area contributed by atoms with Crippen molar-refractivity contribution >= 4 is 27.3 Å². The second kappa shape index (κ2) is 6.33. The zero-order valence-electron chi connectivity index (χ0n) is 11.3. The van der Waals surface area contributed by atoms with Gasteiger partial charge in [0.15, 0.2) is 0 Å². The van der Waals surface area contributed by atoms with Crippen LogP contribution in [0.25, 0.3) is 0 Å². The van der Waals surface area contributed by atoms with Crippen LogP contribution in [0.4, 0.5) is 8.78 Å². The van der Waals surface area contributed by atoms with Crippen molar-refractivity contribution in [1.82, 2.24) is 5.32 Å². The van der Waals surface area contributed by atoms with E-state index in [1.807, 2.05) is 11.4 Å². The van der Waals surface area contributed by atoms with Crippen molar-refractivity contribution in [2.75, 3.05) is 6.54 Å². The average molecular weight is 360 g/mol. The van der Waals surface area contributed by atoms with E-state index >= 15 is 0 Å². The molecule has 0 atom stereocenters. The SMILES string of the molecule is CC(C)(CNCc1c(F)ccc(Br)c1F)c1cccs1. The summed E-state index contributed by atoms with van der Waals surface area (Å²) in [6.07, 6.45) is 0. The summed E-state index contributed by atoms with van der Waals surface area (Å²) < 4.78 is 27.7. The summed E-state index contributed by atoms with van der Waals surface area (Å²) >= 11 is 4.76. The van der Waals surface area contributed by atoms with Gasteiger partial charge in [-0.05, 0) is 39.5 Å². The fraction of sp³-hybridized carbons (Fsp3) is 0.333. The second-order valence-electron chi connectivity index (χ2n) is 5.29. The van der Waals surface area contributed by atoms with Gasteiger partial charge in [0.2, 0.25) is 0 Å². The number of hydrogen-bond acceptors (Lipinski definition) is 2. The molecular formula is C15H16BrF2NS. The quantitative estimate of drug-likeness (QED) is 0.752. The summed E-state index contributed by atoms with van der Waals surface area (Å²) in [5.41, 5.74) is 0.00833. The Balaban J connectivity index is 2.02. The molecule has 0 spiro atoms. The van der Waals surface area contributed by atoms with E-state index in [2.05, 4.69) is 41.2 Å². The van der Waals surface area contributed by atoms with Gasteiger partial charge in [-0.1, -0.05) is 19.9 Å². The Kier molecular flexibility index (Phi) is 4.94. The number of halogens is 3. The third-order valence-electron chi connectivity index (χ3n) is 3.20. The summed E-state index contributed by atoms with van der Waals surface area (Å²) in [5, 5.41) is 5.18. The minimum absolute atomic E-state index is 0.0624. The van der Waals surface area contributed by atoms with E-state index in [0.717, 1.165) is 0 Å². The minimum Gasteiger partial charge on any atom is -0.312 e. The predicted octanol–water partition coefficient (Wildman–Crippen LogP) is 4.86. The first-order valence-electron chi connectivity index (χ1n) is 6.29. The van der Waals surface area contributed by atoms with Crippen LogP contribution in [-0.4, -0.2) is 6.54 Å². The molecule has 0 saturated heterocycles. The first-order valence-corrected chi connectivity index (χ1v) is 7.96. The van der Waals surface area contributed by atoms with Crippen LogP contribution in [0.15, 0.2) is 34.1 Å². The lowest BCUT2D eigenvalue weighted by molar-refractivity contribution is 0.461. The van der Waals surface area contributed by atoms with E-state index < -0.39 is 11.6 Å². The van der Waals surface area contributed by atoms with E-state index in [1.54, 1.807) is 11.3 Å². The molecule has 20 heavy (non-hydrogen) atoms. The van der Waals surface area contributed by atoms with E-state index in [9.17, 15) is 8.78 Å². The third kappa shape index (κ3) is 3.45. The van der Waals surface area contributed by atoms with Gasteiger partial charge < -0.3 is 5.32 Å². The highest BCUT2D eigenvalue weighted by Crippen LogP contribution is 2.27. The number of hydrogen-bond donors (Lipinski definition) is 1. The lowest BCUT2D eigenvalue weighted by Gasteiger charge is -2.24. The van der Waals surface area contributed by atoms with Crippen LogP contribution in [0, 0.1) is 11.6 Å². The topological polar surface area (TPSA) is 12.0 Å². The summed E-state index contributed by atoms with van der Waals surface area (Å²) in [6.45, 7) is 5.05. The molecule has 0 saturated carbocycles. The molecule has 1 N–H and O–H groups in total. The van der Waals surface area contributed by atoms with Crippen LogP contribution in [0.2, 0.25) is 0 Å². The molecule has 1 aromatic heterocycles. The van der Waals surface area contributed by atoms with Crippen LogP contribution >= 0.6 is 27.3 Å². The molecular weight excluding hydrogens is 344 g/mol. The number of nitrogens with one attached hydrogen (secondary N) is 1. The lowest BCUT2D eigenvalue weighted by atomic mass is 9.91. The zero-order valence-corrected chi connectivity index (χ0v) is 13.7. The standard InChI is InChI=1S/C15H16BrF2NS/c1-15(2,13-4-3-7-20-13)9-19-8-10-12(17)6-5-11(16)14(10)18/h3-7,19H,8-9H2,1-2H3. The van der Waals surface area contributed by atoms with Crippen LogP contribution in [0.3, 0.4) is 0 Å².